The molecule has 0 radical (unpaired) electrons. The number of likely N-dealkylation sites (tertiary alicyclic amines) is 1. The van der Waals surface area contributed by atoms with Gasteiger partial charge in [0.15, 0.2) is 0 Å². The highest BCUT2D eigenvalue weighted by molar-refractivity contribution is 6.31. The highest BCUT2D eigenvalue weighted by Crippen LogP contribution is 2.25. The Bertz CT molecular complexity index is 832. The minimum absolute atomic E-state index is 0.252. The van der Waals surface area contributed by atoms with Gasteiger partial charge in [0.2, 0.25) is 0 Å². The standard InChI is InChI=1S/C23H30Cl2N4O/c1-3-19(4-2)29-11-9-16(10-12-29)14-26-21-7-5-17(24)13-20(21)23(30)28-22-8-6-18(25)15-27-22/h5-8,13,15-16,19,26H,3-4,9-12,14H2,1-2H3,(H,27,28,30). The maximum atomic E-state index is 12.8. The van der Waals surface area contributed by atoms with E-state index in [2.05, 4.69) is 34.4 Å². The second kappa shape index (κ2) is 11.0. The van der Waals surface area contributed by atoms with Crippen LogP contribution in [0.25, 0.3) is 0 Å². The Balaban J connectivity index is 1.60. The summed E-state index contributed by atoms with van der Waals surface area (Å²) in [5.74, 6) is 0.794. The van der Waals surface area contributed by atoms with Crippen LogP contribution in [0.5, 0.6) is 0 Å². The van der Waals surface area contributed by atoms with Crippen LogP contribution in [0.4, 0.5) is 11.5 Å². The number of anilines is 2. The van der Waals surface area contributed by atoms with Gasteiger partial charge in [-0.3, -0.25) is 4.79 Å². The number of piperidine rings is 1. The number of halogens is 2. The van der Waals surface area contributed by atoms with Gasteiger partial charge in [-0.25, -0.2) is 4.98 Å². The number of hydrogen-bond donors (Lipinski definition) is 2. The van der Waals surface area contributed by atoms with Gasteiger partial charge in [0.1, 0.15) is 5.82 Å². The molecule has 0 spiro atoms. The monoisotopic (exact) mass is 448 g/mol. The van der Waals surface area contributed by atoms with Crippen molar-refractivity contribution in [2.24, 2.45) is 5.92 Å². The van der Waals surface area contributed by atoms with Gasteiger partial charge >= 0.3 is 0 Å². The Morgan fingerprint density at radius 1 is 1.13 bits per heavy atom. The second-order valence-corrected chi connectivity index (χ2v) is 8.71. The van der Waals surface area contributed by atoms with Crippen LogP contribution >= 0.6 is 23.2 Å². The molecule has 2 heterocycles. The first kappa shape index (κ1) is 22.9. The van der Waals surface area contributed by atoms with Crippen molar-refractivity contribution in [1.82, 2.24) is 9.88 Å². The molecule has 0 atom stereocenters. The van der Waals surface area contributed by atoms with E-state index in [0.29, 0.717) is 33.4 Å². The van der Waals surface area contributed by atoms with Crippen molar-refractivity contribution in [3.63, 3.8) is 0 Å². The van der Waals surface area contributed by atoms with E-state index in [1.54, 1.807) is 24.3 Å². The topological polar surface area (TPSA) is 57.3 Å². The molecule has 1 fully saturated rings. The predicted molar refractivity (Wildman–Crippen MR) is 126 cm³/mol. The second-order valence-electron chi connectivity index (χ2n) is 7.84. The molecule has 1 aromatic carbocycles. The summed E-state index contributed by atoms with van der Waals surface area (Å²) in [5, 5.41) is 7.33. The Hall–Kier alpha value is -1.82. The smallest absolute Gasteiger partial charge is 0.258 e. The van der Waals surface area contributed by atoms with Crippen LogP contribution in [0.15, 0.2) is 36.5 Å². The van der Waals surface area contributed by atoms with Crippen LogP contribution in [-0.4, -0.2) is 41.5 Å². The van der Waals surface area contributed by atoms with Crippen LogP contribution in [0, 0.1) is 5.92 Å². The van der Waals surface area contributed by atoms with Gasteiger partial charge in [-0.2, -0.15) is 0 Å². The van der Waals surface area contributed by atoms with Crippen molar-refractivity contribution in [3.05, 3.63) is 52.1 Å². The number of benzene rings is 1. The third-order valence-corrected chi connectivity index (χ3v) is 6.34. The number of carbonyl (C=O) groups is 1. The SMILES string of the molecule is CCC(CC)N1CCC(CNc2ccc(Cl)cc2C(=O)Nc2ccc(Cl)cn2)CC1. The molecule has 1 aliphatic rings. The van der Waals surface area contributed by atoms with Gasteiger partial charge in [-0.15, -0.1) is 0 Å². The summed E-state index contributed by atoms with van der Waals surface area (Å²) in [6.07, 6.45) is 6.28. The van der Waals surface area contributed by atoms with E-state index in [4.69, 9.17) is 23.2 Å². The molecule has 0 unspecified atom stereocenters. The van der Waals surface area contributed by atoms with E-state index in [9.17, 15) is 4.79 Å². The zero-order valence-corrected chi connectivity index (χ0v) is 19.1. The molecule has 2 aromatic rings. The summed E-state index contributed by atoms with van der Waals surface area (Å²) in [6, 6.07) is 9.42. The van der Waals surface area contributed by atoms with E-state index >= 15 is 0 Å². The van der Waals surface area contributed by atoms with Crippen LogP contribution in [0.3, 0.4) is 0 Å². The van der Waals surface area contributed by atoms with Crippen molar-refractivity contribution in [3.8, 4) is 0 Å². The lowest BCUT2D eigenvalue weighted by molar-refractivity contribution is 0.102. The van der Waals surface area contributed by atoms with Crippen molar-refractivity contribution in [2.45, 2.75) is 45.6 Å². The molecule has 1 saturated heterocycles. The van der Waals surface area contributed by atoms with E-state index in [1.165, 1.54) is 31.9 Å². The molecule has 0 saturated carbocycles. The lowest BCUT2D eigenvalue weighted by Gasteiger charge is -2.37. The highest BCUT2D eigenvalue weighted by Gasteiger charge is 2.23. The molecule has 7 heteroatoms. The van der Waals surface area contributed by atoms with E-state index < -0.39 is 0 Å². The lowest BCUT2D eigenvalue weighted by atomic mass is 9.94. The molecule has 1 amide bonds. The van der Waals surface area contributed by atoms with Crippen molar-refractivity contribution in [1.29, 1.82) is 0 Å². The summed E-state index contributed by atoms with van der Waals surface area (Å²) in [5.41, 5.74) is 1.29. The zero-order chi connectivity index (χ0) is 21.5. The van der Waals surface area contributed by atoms with Crippen LogP contribution in [0.2, 0.25) is 10.0 Å². The summed E-state index contributed by atoms with van der Waals surface area (Å²) in [4.78, 5) is 19.6. The van der Waals surface area contributed by atoms with Crippen molar-refractivity contribution in [2.75, 3.05) is 30.3 Å². The molecule has 2 N–H and O–H groups in total. The van der Waals surface area contributed by atoms with E-state index in [0.717, 1.165) is 25.3 Å². The fourth-order valence-corrected chi connectivity index (χ4v) is 4.36. The number of amides is 1. The number of carbonyl (C=O) groups excluding carboxylic acids is 1. The molecule has 1 aromatic heterocycles. The molecular weight excluding hydrogens is 419 g/mol. The van der Waals surface area contributed by atoms with Gasteiger partial charge in [0.05, 0.1) is 10.6 Å². The first-order chi connectivity index (χ1) is 14.5. The number of nitrogens with one attached hydrogen (secondary N) is 2. The lowest BCUT2D eigenvalue weighted by Crippen LogP contribution is -2.42. The third-order valence-electron chi connectivity index (χ3n) is 5.88. The number of rotatable bonds is 8. The minimum Gasteiger partial charge on any atom is -0.384 e. The normalized spacial score (nSPS) is 15.4. The largest absolute Gasteiger partial charge is 0.384 e. The molecule has 5 nitrogen and oxygen atoms in total. The fourth-order valence-electron chi connectivity index (χ4n) is 4.07. The summed E-state index contributed by atoms with van der Waals surface area (Å²) >= 11 is 12.0. The first-order valence-corrected chi connectivity index (χ1v) is 11.5. The van der Waals surface area contributed by atoms with Gasteiger partial charge < -0.3 is 15.5 Å². The molecule has 1 aliphatic heterocycles. The number of nitrogens with zero attached hydrogens (tertiary/aromatic N) is 2. The van der Waals surface area contributed by atoms with Crippen LogP contribution < -0.4 is 10.6 Å². The fraction of sp³-hybridized carbons (Fsp3) is 0.478. The van der Waals surface area contributed by atoms with E-state index in [-0.39, 0.29) is 5.91 Å². The molecule has 0 bridgehead atoms. The Labute approximate surface area is 189 Å². The van der Waals surface area contributed by atoms with E-state index in [1.807, 2.05) is 6.07 Å². The van der Waals surface area contributed by atoms with Crippen LogP contribution in [-0.2, 0) is 0 Å². The Morgan fingerprint density at radius 3 is 2.47 bits per heavy atom. The summed E-state index contributed by atoms with van der Waals surface area (Å²) < 4.78 is 0. The summed E-state index contributed by atoms with van der Waals surface area (Å²) in [7, 11) is 0. The Kier molecular flexibility index (Phi) is 8.37. The third kappa shape index (κ3) is 6.10. The number of hydrogen-bond acceptors (Lipinski definition) is 4. The number of pyridine rings is 1. The Morgan fingerprint density at radius 2 is 1.83 bits per heavy atom. The average molecular weight is 449 g/mol. The van der Waals surface area contributed by atoms with Gasteiger partial charge in [0.25, 0.3) is 5.91 Å². The minimum atomic E-state index is -0.252. The van der Waals surface area contributed by atoms with Gasteiger partial charge in [-0.1, -0.05) is 37.0 Å². The average Bonchev–Trinajstić information content (AvgIpc) is 2.76. The van der Waals surface area contributed by atoms with Gasteiger partial charge in [0, 0.05) is 29.5 Å². The van der Waals surface area contributed by atoms with Crippen molar-refractivity contribution < 1.29 is 4.79 Å². The molecule has 30 heavy (non-hydrogen) atoms. The number of aromatic nitrogens is 1. The zero-order valence-electron chi connectivity index (χ0n) is 17.6. The first-order valence-electron chi connectivity index (χ1n) is 10.7. The highest BCUT2D eigenvalue weighted by atomic mass is 35.5. The van der Waals surface area contributed by atoms with Crippen molar-refractivity contribution >= 4 is 40.6 Å². The quantitative estimate of drug-likeness (QED) is 0.523. The maximum absolute atomic E-state index is 12.8. The molecule has 162 valence electrons. The summed E-state index contributed by atoms with van der Waals surface area (Å²) in [6.45, 7) is 7.69. The van der Waals surface area contributed by atoms with Crippen LogP contribution in [0.1, 0.15) is 49.9 Å². The molecular formula is C23H30Cl2N4O. The predicted octanol–water partition coefficient (Wildman–Crippen LogP) is 5.95. The molecule has 0 aliphatic carbocycles. The van der Waals surface area contributed by atoms with Gasteiger partial charge in [-0.05, 0) is 75.0 Å². The molecule has 3 rings (SSSR count). The maximum Gasteiger partial charge on any atom is 0.258 e.